The molecule has 0 aromatic heterocycles. The molecule has 0 spiro atoms. The van der Waals surface area contributed by atoms with E-state index in [9.17, 15) is 9.90 Å². The van der Waals surface area contributed by atoms with Crippen LogP contribution in [0.3, 0.4) is 0 Å². The van der Waals surface area contributed by atoms with E-state index in [-0.39, 0.29) is 24.2 Å². The molecule has 2 fully saturated rings. The first-order valence-electron chi connectivity index (χ1n) is 10.1. The molecule has 2 amide bonds. The minimum absolute atomic E-state index is 0.0721. The van der Waals surface area contributed by atoms with Crippen LogP contribution in [0, 0.1) is 5.92 Å². The quantitative estimate of drug-likeness (QED) is 0.679. The largest absolute Gasteiger partial charge is 0.396 e. The molecule has 27 heavy (non-hydrogen) atoms. The third-order valence-corrected chi connectivity index (χ3v) is 5.94. The third-order valence-electron chi connectivity index (χ3n) is 5.94. The van der Waals surface area contributed by atoms with Gasteiger partial charge in [0, 0.05) is 50.9 Å². The first-order valence-corrected chi connectivity index (χ1v) is 10.1. The van der Waals surface area contributed by atoms with Gasteiger partial charge in [0.2, 0.25) is 0 Å². The fourth-order valence-corrected chi connectivity index (χ4v) is 4.32. The Morgan fingerprint density at radius 2 is 2.04 bits per heavy atom. The predicted molar refractivity (Wildman–Crippen MR) is 108 cm³/mol. The van der Waals surface area contributed by atoms with Gasteiger partial charge in [0.05, 0.1) is 0 Å². The Hall–Kier alpha value is -1.63. The molecular weight excluding hydrogens is 340 g/mol. The lowest BCUT2D eigenvalue weighted by atomic mass is 10.00. The maximum Gasteiger partial charge on any atom is 0.315 e. The number of rotatable bonds is 7. The van der Waals surface area contributed by atoms with E-state index >= 15 is 0 Å². The minimum atomic E-state index is -0.0738. The zero-order chi connectivity index (χ0) is 19.3. The number of amides is 2. The van der Waals surface area contributed by atoms with Crippen molar-refractivity contribution in [3.63, 3.8) is 0 Å². The fraction of sp³-hybridized carbons (Fsp3) is 0.667. The summed E-state index contributed by atoms with van der Waals surface area (Å²) in [5.41, 5.74) is 1.38. The molecule has 0 bridgehead atoms. The van der Waals surface area contributed by atoms with Crippen LogP contribution >= 0.6 is 0 Å². The van der Waals surface area contributed by atoms with E-state index in [1.807, 2.05) is 6.07 Å². The van der Waals surface area contributed by atoms with E-state index in [4.69, 9.17) is 0 Å². The highest BCUT2D eigenvalue weighted by Gasteiger charge is 2.38. The highest BCUT2D eigenvalue weighted by Crippen LogP contribution is 2.30. The summed E-state index contributed by atoms with van der Waals surface area (Å²) in [4.78, 5) is 17.0. The van der Waals surface area contributed by atoms with Crippen LogP contribution in [-0.4, -0.2) is 71.8 Å². The average molecular weight is 375 g/mol. The topological polar surface area (TPSA) is 67.8 Å². The van der Waals surface area contributed by atoms with Crippen molar-refractivity contribution in [1.82, 2.24) is 20.4 Å². The number of aliphatic hydroxyl groups excluding tert-OH is 1. The van der Waals surface area contributed by atoms with Crippen molar-refractivity contribution in [2.45, 2.75) is 44.8 Å². The standard InChI is InChI=1S/C21H34N4O2/c1-21(2)12-19(15-25(21)14-17-6-4-3-5-7-17)23-20(27)22-9-11-24-10-8-18(13-24)16-26/h3-7,18-19,26H,8-16H2,1-2H3,(H2,22,23,27). The molecule has 1 aromatic rings. The molecule has 2 heterocycles. The van der Waals surface area contributed by atoms with Gasteiger partial charge in [-0.25, -0.2) is 4.79 Å². The lowest BCUT2D eigenvalue weighted by Gasteiger charge is -2.31. The monoisotopic (exact) mass is 374 g/mol. The van der Waals surface area contributed by atoms with Gasteiger partial charge in [0.1, 0.15) is 0 Å². The van der Waals surface area contributed by atoms with Crippen LogP contribution in [0.2, 0.25) is 0 Å². The Morgan fingerprint density at radius 3 is 2.74 bits per heavy atom. The number of carbonyl (C=O) groups excluding carboxylic acids is 1. The second-order valence-corrected chi connectivity index (χ2v) is 8.62. The lowest BCUT2D eigenvalue weighted by Crippen LogP contribution is -2.45. The maximum absolute atomic E-state index is 12.3. The van der Waals surface area contributed by atoms with Crippen LogP contribution in [0.25, 0.3) is 0 Å². The summed E-state index contributed by atoms with van der Waals surface area (Å²) in [6, 6.07) is 10.6. The molecule has 2 aliphatic rings. The van der Waals surface area contributed by atoms with E-state index in [1.54, 1.807) is 0 Å². The molecule has 6 heteroatoms. The Kier molecular flexibility index (Phi) is 6.73. The van der Waals surface area contributed by atoms with Crippen molar-refractivity contribution in [3.05, 3.63) is 35.9 Å². The Morgan fingerprint density at radius 1 is 1.26 bits per heavy atom. The number of carbonyl (C=O) groups is 1. The van der Waals surface area contributed by atoms with Gasteiger partial charge in [0.25, 0.3) is 0 Å². The molecular formula is C21H34N4O2. The number of urea groups is 1. The van der Waals surface area contributed by atoms with E-state index < -0.39 is 0 Å². The summed E-state index contributed by atoms with van der Waals surface area (Å²) in [7, 11) is 0. The normalized spacial score (nSPS) is 25.6. The number of hydrogen-bond acceptors (Lipinski definition) is 4. The number of nitrogens with zero attached hydrogens (tertiary/aromatic N) is 2. The molecule has 0 radical (unpaired) electrons. The Balaban J connectivity index is 1.39. The first kappa shape index (κ1) is 20.1. The van der Waals surface area contributed by atoms with Crippen molar-refractivity contribution >= 4 is 6.03 Å². The summed E-state index contributed by atoms with van der Waals surface area (Å²) < 4.78 is 0. The highest BCUT2D eigenvalue weighted by molar-refractivity contribution is 5.74. The van der Waals surface area contributed by atoms with E-state index in [1.165, 1.54) is 5.56 Å². The first-order chi connectivity index (χ1) is 13.0. The molecule has 0 saturated carbocycles. The molecule has 6 nitrogen and oxygen atoms in total. The van der Waals surface area contributed by atoms with Crippen LogP contribution in [0.1, 0.15) is 32.3 Å². The summed E-state index contributed by atoms with van der Waals surface area (Å²) in [5.74, 6) is 0.398. The molecule has 3 N–H and O–H groups in total. The molecule has 1 aromatic carbocycles. The van der Waals surface area contributed by atoms with Crippen LogP contribution in [-0.2, 0) is 6.54 Å². The van der Waals surface area contributed by atoms with Gasteiger partial charge in [-0.05, 0) is 44.7 Å². The fourth-order valence-electron chi connectivity index (χ4n) is 4.32. The zero-order valence-electron chi connectivity index (χ0n) is 16.7. The predicted octanol–water partition coefficient (Wildman–Crippen LogP) is 1.65. The molecule has 2 unspecified atom stereocenters. The van der Waals surface area contributed by atoms with Crippen molar-refractivity contribution in [2.24, 2.45) is 5.92 Å². The van der Waals surface area contributed by atoms with Crippen LogP contribution in [0.4, 0.5) is 4.79 Å². The van der Waals surface area contributed by atoms with Crippen LogP contribution in [0.5, 0.6) is 0 Å². The second kappa shape index (κ2) is 9.04. The molecule has 150 valence electrons. The maximum atomic E-state index is 12.3. The lowest BCUT2D eigenvalue weighted by molar-refractivity contribution is 0.166. The van der Waals surface area contributed by atoms with Gasteiger partial charge < -0.3 is 20.6 Å². The van der Waals surface area contributed by atoms with Gasteiger partial charge in [-0.3, -0.25) is 4.90 Å². The Labute approximate surface area is 162 Å². The van der Waals surface area contributed by atoms with Crippen molar-refractivity contribution in [3.8, 4) is 0 Å². The molecule has 2 saturated heterocycles. The number of benzene rings is 1. The zero-order valence-corrected chi connectivity index (χ0v) is 16.7. The number of aliphatic hydroxyl groups is 1. The van der Waals surface area contributed by atoms with Crippen molar-refractivity contribution < 1.29 is 9.90 Å². The number of hydrogen-bond donors (Lipinski definition) is 3. The summed E-state index contributed by atoms with van der Waals surface area (Å²) in [5, 5.41) is 15.3. The van der Waals surface area contributed by atoms with E-state index in [0.717, 1.165) is 45.6 Å². The molecule has 0 aliphatic carbocycles. The summed E-state index contributed by atoms with van der Waals surface area (Å²) in [6.45, 7) is 10.00. The van der Waals surface area contributed by atoms with Crippen molar-refractivity contribution in [2.75, 3.05) is 39.3 Å². The third kappa shape index (κ3) is 5.67. The van der Waals surface area contributed by atoms with Gasteiger partial charge in [-0.15, -0.1) is 0 Å². The van der Waals surface area contributed by atoms with Crippen LogP contribution in [0.15, 0.2) is 30.3 Å². The highest BCUT2D eigenvalue weighted by atomic mass is 16.3. The number of nitrogens with one attached hydrogen (secondary N) is 2. The van der Waals surface area contributed by atoms with E-state index in [2.05, 4.69) is 58.5 Å². The minimum Gasteiger partial charge on any atom is -0.396 e. The van der Waals surface area contributed by atoms with Gasteiger partial charge in [-0.2, -0.15) is 0 Å². The SMILES string of the molecule is CC1(C)CC(NC(=O)NCCN2CCC(CO)C2)CN1Cc1ccccc1. The second-order valence-electron chi connectivity index (χ2n) is 8.62. The Bertz CT molecular complexity index is 607. The summed E-state index contributed by atoms with van der Waals surface area (Å²) in [6.07, 6.45) is 2.01. The van der Waals surface area contributed by atoms with Crippen molar-refractivity contribution in [1.29, 1.82) is 0 Å². The average Bonchev–Trinajstić information content (AvgIpc) is 3.20. The number of likely N-dealkylation sites (tertiary alicyclic amines) is 2. The smallest absolute Gasteiger partial charge is 0.315 e. The van der Waals surface area contributed by atoms with Gasteiger partial charge in [0.15, 0.2) is 0 Å². The van der Waals surface area contributed by atoms with Crippen LogP contribution < -0.4 is 10.6 Å². The molecule has 3 rings (SSSR count). The van der Waals surface area contributed by atoms with Gasteiger partial charge in [-0.1, -0.05) is 30.3 Å². The molecule has 2 atom stereocenters. The summed E-state index contributed by atoms with van der Waals surface area (Å²) >= 11 is 0. The van der Waals surface area contributed by atoms with Gasteiger partial charge >= 0.3 is 6.03 Å². The van der Waals surface area contributed by atoms with E-state index in [0.29, 0.717) is 12.5 Å². The molecule has 2 aliphatic heterocycles.